The molecule has 2 aromatic carbocycles. The molecule has 0 saturated carbocycles. The zero-order valence-corrected chi connectivity index (χ0v) is 11.7. The zero-order valence-electron chi connectivity index (χ0n) is 11.7. The first-order valence-electron chi connectivity index (χ1n) is 6.90. The Morgan fingerprint density at radius 3 is 2.68 bits per heavy atom. The Morgan fingerprint density at radius 1 is 1.09 bits per heavy atom. The van der Waals surface area contributed by atoms with Crippen molar-refractivity contribution in [2.45, 2.75) is 0 Å². The molecule has 6 nitrogen and oxygen atoms in total. The predicted molar refractivity (Wildman–Crippen MR) is 82.6 cm³/mol. The number of rotatable bonds is 1. The minimum atomic E-state index is -0.138. The number of carbonyl (C=O) groups is 1. The Balaban J connectivity index is 1.74. The Bertz CT molecular complexity index is 759. The summed E-state index contributed by atoms with van der Waals surface area (Å²) in [6.45, 7) is 0.341. The molecule has 1 N–H and O–H groups in total. The first kappa shape index (κ1) is 12.7. The van der Waals surface area contributed by atoms with E-state index in [0.29, 0.717) is 17.2 Å². The lowest BCUT2D eigenvalue weighted by atomic mass is 10.1. The van der Waals surface area contributed by atoms with Crippen LogP contribution in [0.4, 0.5) is 11.4 Å². The van der Waals surface area contributed by atoms with Crippen molar-refractivity contribution in [2.24, 2.45) is 5.10 Å². The normalized spacial score (nSPS) is 17.3. The molecule has 2 heterocycles. The molecule has 1 amide bonds. The van der Waals surface area contributed by atoms with E-state index in [2.05, 4.69) is 10.4 Å². The minimum absolute atomic E-state index is 0.138. The van der Waals surface area contributed by atoms with Gasteiger partial charge in [0.05, 0.1) is 17.6 Å². The lowest BCUT2D eigenvalue weighted by molar-refractivity contribution is -0.115. The summed E-state index contributed by atoms with van der Waals surface area (Å²) in [5.41, 5.74) is 2.31. The van der Waals surface area contributed by atoms with Crippen LogP contribution in [0.3, 0.4) is 0 Å². The maximum absolute atomic E-state index is 12.2. The zero-order chi connectivity index (χ0) is 14.9. The second-order valence-corrected chi connectivity index (χ2v) is 4.98. The topological polar surface area (TPSA) is 63.2 Å². The molecule has 4 rings (SSSR count). The number of para-hydroxylation sites is 1. The van der Waals surface area contributed by atoms with Gasteiger partial charge in [0.2, 0.25) is 12.7 Å². The van der Waals surface area contributed by atoms with Crippen molar-refractivity contribution in [2.75, 3.05) is 23.7 Å². The highest BCUT2D eigenvalue weighted by molar-refractivity contribution is 6.01. The largest absolute Gasteiger partial charge is 0.454 e. The van der Waals surface area contributed by atoms with Crippen molar-refractivity contribution in [3.8, 4) is 11.5 Å². The summed E-state index contributed by atoms with van der Waals surface area (Å²) in [6, 6.07) is 13.1. The molecule has 0 unspecified atom stereocenters. The third-order valence-electron chi connectivity index (χ3n) is 3.50. The third-order valence-corrected chi connectivity index (χ3v) is 3.50. The van der Waals surface area contributed by atoms with Gasteiger partial charge in [0, 0.05) is 11.6 Å². The molecular weight excluding hydrogens is 282 g/mol. The summed E-state index contributed by atoms with van der Waals surface area (Å²) in [4.78, 5) is 12.2. The van der Waals surface area contributed by atoms with Gasteiger partial charge < -0.3 is 14.8 Å². The number of fused-ring (bicyclic) bond motifs is 2. The fourth-order valence-corrected chi connectivity index (χ4v) is 2.43. The molecule has 2 aliphatic heterocycles. The van der Waals surface area contributed by atoms with Crippen molar-refractivity contribution < 1.29 is 14.3 Å². The minimum Gasteiger partial charge on any atom is -0.454 e. The highest BCUT2D eigenvalue weighted by Gasteiger charge is 2.20. The summed E-state index contributed by atoms with van der Waals surface area (Å²) in [5.74, 6) is 1.15. The third kappa shape index (κ3) is 2.24. The van der Waals surface area contributed by atoms with E-state index in [1.807, 2.05) is 36.4 Å². The van der Waals surface area contributed by atoms with Gasteiger partial charge in [-0.15, -0.1) is 0 Å². The van der Waals surface area contributed by atoms with Crippen molar-refractivity contribution in [1.29, 1.82) is 0 Å². The summed E-state index contributed by atoms with van der Waals surface area (Å²) >= 11 is 0. The quantitative estimate of drug-likeness (QED) is 0.876. The van der Waals surface area contributed by atoms with E-state index in [9.17, 15) is 4.79 Å². The molecule has 0 bridgehead atoms. The first-order chi connectivity index (χ1) is 10.8. The predicted octanol–water partition coefficient (Wildman–Crippen LogP) is 2.21. The van der Waals surface area contributed by atoms with Crippen LogP contribution in [0.5, 0.6) is 11.5 Å². The number of hydrogen-bond acceptors (Lipinski definition) is 5. The van der Waals surface area contributed by atoms with Crippen LogP contribution in [0.2, 0.25) is 0 Å². The monoisotopic (exact) mass is 295 g/mol. The van der Waals surface area contributed by atoms with Gasteiger partial charge in [-0.2, -0.15) is 5.10 Å². The van der Waals surface area contributed by atoms with E-state index in [-0.39, 0.29) is 19.2 Å². The molecule has 2 aliphatic rings. The van der Waals surface area contributed by atoms with E-state index in [0.717, 1.165) is 11.3 Å². The summed E-state index contributed by atoms with van der Waals surface area (Å²) < 4.78 is 10.7. The lowest BCUT2D eigenvalue weighted by Gasteiger charge is -2.21. The number of carbonyl (C=O) groups excluding carboxylic acids is 1. The van der Waals surface area contributed by atoms with Crippen LogP contribution in [-0.4, -0.2) is 25.5 Å². The number of hydrogen-bond donors (Lipinski definition) is 1. The van der Waals surface area contributed by atoms with Gasteiger partial charge in [-0.25, -0.2) is 0 Å². The van der Waals surface area contributed by atoms with Crippen LogP contribution < -0.4 is 19.8 Å². The van der Waals surface area contributed by atoms with Gasteiger partial charge in [0.1, 0.15) is 6.54 Å². The van der Waals surface area contributed by atoms with Gasteiger partial charge in [0.25, 0.3) is 0 Å². The van der Waals surface area contributed by atoms with Gasteiger partial charge >= 0.3 is 0 Å². The summed E-state index contributed by atoms with van der Waals surface area (Å²) in [5, 5.41) is 8.96. The first-order valence-corrected chi connectivity index (χ1v) is 6.90. The van der Waals surface area contributed by atoms with Gasteiger partial charge in [-0.1, -0.05) is 18.2 Å². The van der Waals surface area contributed by atoms with E-state index in [4.69, 9.17) is 9.47 Å². The number of nitrogens with zero attached hydrogens (tertiary/aromatic N) is 2. The maximum Gasteiger partial charge on any atom is 0.246 e. The number of amides is 1. The number of benzene rings is 2. The van der Waals surface area contributed by atoms with Gasteiger partial charge in [-0.05, 0) is 18.2 Å². The number of nitrogens with one attached hydrogen (secondary N) is 1. The smallest absolute Gasteiger partial charge is 0.246 e. The molecule has 22 heavy (non-hydrogen) atoms. The second-order valence-electron chi connectivity index (χ2n) is 4.98. The average molecular weight is 295 g/mol. The van der Waals surface area contributed by atoms with Crippen molar-refractivity contribution >= 4 is 23.5 Å². The Labute approximate surface area is 127 Å². The number of ether oxygens (including phenoxy) is 2. The van der Waals surface area contributed by atoms with E-state index in [1.165, 1.54) is 0 Å². The molecule has 0 fully saturated rings. The molecular formula is C16H13N3O3. The Kier molecular flexibility index (Phi) is 2.93. The van der Waals surface area contributed by atoms with Crippen LogP contribution in [-0.2, 0) is 4.79 Å². The molecule has 0 atom stereocenters. The van der Waals surface area contributed by atoms with E-state index in [1.54, 1.807) is 17.3 Å². The van der Waals surface area contributed by atoms with Crippen LogP contribution in [0, 0.1) is 0 Å². The van der Waals surface area contributed by atoms with Crippen molar-refractivity contribution in [3.63, 3.8) is 0 Å². The Morgan fingerprint density at radius 2 is 1.86 bits per heavy atom. The van der Waals surface area contributed by atoms with Crippen LogP contribution in [0.15, 0.2) is 47.6 Å². The molecule has 0 saturated heterocycles. The fraction of sp³-hybridized carbons (Fsp3) is 0.125. The van der Waals surface area contributed by atoms with Gasteiger partial charge in [0.15, 0.2) is 11.5 Å². The SMILES string of the molecule is O=C1CN(c2ccccc2)/N=C\c2cc3c(cc2N1)OCO3. The average Bonchev–Trinajstić information content (AvgIpc) is 2.97. The highest BCUT2D eigenvalue weighted by atomic mass is 16.7. The standard InChI is InChI=1S/C16H13N3O3/c20-16-9-19(12-4-2-1-3-5-12)17-8-11-6-14-15(22-10-21-14)7-13(11)18-16/h1-8H,9-10H2,(H,18,20)/b17-8-. The second kappa shape index (κ2) is 5.07. The van der Waals surface area contributed by atoms with Crippen LogP contribution in [0.25, 0.3) is 0 Å². The molecule has 110 valence electrons. The van der Waals surface area contributed by atoms with E-state index < -0.39 is 0 Å². The van der Waals surface area contributed by atoms with Crippen molar-refractivity contribution in [1.82, 2.24) is 0 Å². The maximum atomic E-state index is 12.2. The van der Waals surface area contributed by atoms with Crippen molar-refractivity contribution in [3.05, 3.63) is 48.0 Å². The highest BCUT2D eigenvalue weighted by Crippen LogP contribution is 2.36. The molecule has 2 aromatic rings. The molecule has 0 aliphatic carbocycles. The van der Waals surface area contributed by atoms with Gasteiger partial charge in [-0.3, -0.25) is 9.80 Å². The van der Waals surface area contributed by atoms with E-state index >= 15 is 0 Å². The summed E-state index contributed by atoms with van der Waals surface area (Å²) in [7, 11) is 0. The number of anilines is 2. The van der Waals surface area contributed by atoms with Crippen LogP contribution in [0.1, 0.15) is 5.56 Å². The molecule has 0 radical (unpaired) electrons. The molecule has 0 aromatic heterocycles. The Hall–Kier alpha value is -3.02. The van der Waals surface area contributed by atoms with Crippen LogP contribution >= 0.6 is 0 Å². The lowest BCUT2D eigenvalue weighted by Crippen LogP contribution is -2.31. The number of hydrazone groups is 1. The fourth-order valence-electron chi connectivity index (χ4n) is 2.43. The molecule has 6 heteroatoms. The molecule has 0 spiro atoms. The summed E-state index contributed by atoms with van der Waals surface area (Å²) in [6.07, 6.45) is 1.71.